The van der Waals surface area contributed by atoms with E-state index in [0.717, 1.165) is 42.8 Å². The van der Waals surface area contributed by atoms with Crippen molar-refractivity contribution in [2.24, 2.45) is 0 Å². The molecule has 2 N–H and O–H groups in total. The standard InChI is InChI=1S/C27H35F3N4O3/c1-18-19(2)24(37-15-11-31-10-14-35)8-7-22(18)23-5-3-4-21-17-33(12-13-34(21)23)26(36)20-6-9-25(32-16-20)27(28,29)30/h6-9,16,21,23,31,35H,3-5,10-15,17H2,1-2H3/t21-,23+/m0/s1. The van der Waals surface area contributed by atoms with Gasteiger partial charge in [-0.05, 0) is 68.0 Å². The van der Waals surface area contributed by atoms with Gasteiger partial charge in [0.15, 0.2) is 0 Å². The number of amides is 1. The minimum atomic E-state index is -4.53. The Morgan fingerprint density at radius 3 is 2.65 bits per heavy atom. The summed E-state index contributed by atoms with van der Waals surface area (Å²) in [5, 5.41) is 12.0. The largest absolute Gasteiger partial charge is 0.492 e. The van der Waals surface area contributed by atoms with Gasteiger partial charge >= 0.3 is 6.18 Å². The lowest BCUT2D eigenvalue weighted by molar-refractivity contribution is -0.141. The normalized spacial score (nSPS) is 20.5. The van der Waals surface area contributed by atoms with Gasteiger partial charge in [-0.15, -0.1) is 0 Å². The van der Waals surface area contributed by atoms with Crippen LogP contribution in [0, 0.1) is 13.8 Å². The SMILES string of the molecule is Cc1c(OCCNCCO)ccc([C@H]2CCC[C@H]3CN(C(=O)c4ccc(C(F)(F)F)nc4)CCN32)c1C. The maximum Gasteiger partial charge on any atom is 0.433 e. The number of piperazine rings is 1. The van der Waals surface area contributed by atoms with E-state index in [4.69, 9.17) is 9.84 Å². The molecule has 0 aliphatic carbocycles. The van der Waals surface area contributed by atoms with Gasteiger partial charge in [-0.1, -0.05) is 6.07 Å². The highest BCUT2D eigenvalue weighted by Crippen LogP contribution is 2.39. The quantitative estimate of drug-likeness (QED) is 0.517. The molecule has 1 aromatic heterocycles. The van der Waals surface area contributed by atoms with Crippen molar-refractivity contribution in [3.8, 4) is 5.75 Å². The average Bonchev–Trinajstić information content (AvgIpc) is 2.89. The van der Waals surface area contributed by atoms with Crippen LogP contribution in [0.2, 0.25) is 0 Å². The number of nitrogens with one attached hydrogen (secondary N) is 1. The maximum absolute atomic E-state index is 13.0. The molecule has 2 aromatic rings. The van der Waals surface area contributed by atoms with Gasteiger partial charge in [-0.3, -0.25) is 14.7 Å². The molecule has 4 rings (SSSR count). The fourth-order valence-corrected chi connectivity index (χ4v) is 5.41. The molecule has 2 fully saturated rings. The first-order valence-corrected chi connectivity index (χ1v) is 12.8. The van der Waals surface area contributed by atoms with Crippen LogP contribution in [0.5, 0.6) is 5.75 Å². The number of piperidine rings is 1. The Balaban J connectivity index is 1.41. The molecule has 37 heavy (non-hydrogen) atoms. The van der Waals surface area contributed by atoms with Gasteiger partial charge in [0.25, 0.3) is 5.91 Å². The molecule has 10 heteroatoms. The molecule has 0 radical (unpaired) electrons. The number of aromatic nitrogens is 1. The molecule has 0 saturated carbocycles. The third kappa shape index (κ3) is 6.25. The number of benzene rings is 1. The van der Waals surface area contributed by atoms with Gasteiger partial charge in [0.05, 0.1) is 12.2 Å². The number of aliphatic hydroxyl groups is 1. The molecule has 202 valence electrons. The third-order valence-electron chi connectivity index (χ3n) is 7.49. The number of carbonyl (C=O) groups is 1. The molecule has 0 unspecified atom stereocenters. The van der Waals surface area contributed by atoms with Gasteiger partial charge in [0, 0.05) is 51.0 Å². The minimum Gasteiger partial charge on any atom is -0.492 e. The van der Waals surface area contributed by atoms with Gasteiger partial charge in [0.1, 0.15) is 18.1 Å². The van der Waals surface area contributed by atoms with Crippen molar-refractivity contribution in [2.75, 3.05) is 45.9 Å². The van der Waals surface area contributed by atoms with Crippen molar-refractivity contribution >= 4 is 5.91 Å². The zero-order chi connectivity index (χ0) is 26.6. The monoisotopic (exact) mass is 520 g/mol. The number of fused-ring (bicyclic) bond motifs is 1. The highest BCUT2D eigenvalue weighted by Gasteiger charge is 2.38. The molecule has 2 saturated heterocycles. The second kappa shape index (κ2) is 11.8. The number of carbonyl (C=O) groups excluding carboxylic acids is 1. The van der Waals surface area contributed by atoms with E-state index >= 15 is 0 Å². The average molecular weight is 521 g/mol. The summed E-state index contributed by atoms with van der Waals surface area (Å²) >= 11 is 0. The number of hydrogen-bond acceptors (Lipinski definition) is 6. The molecule has 1 amide bonds. The van der Waals surface area contributed by atoms with E-state index in [1.54, 1.807) is 4.90 Å². The van der Waals surface area contributed by atoms with Crippen LogP contribution >= 0.6 is 0 Å². The highest BCUT2D eigenvalue weighted by molar-refractivity contribution is 5.94. The Hall–Kier alpha value is -2.69. The van der Waals surface area contributed by atoms with Gasteiger partial charge < -0.3 is 20.1 Å². The summed E-state index contributed by atoms with van der Waals surface area (Å²) in [5.41, 5.74) is 2.79. The molecule has 7 nitrogen and oxygen atoms in total. The molecule has 3 heterocycles. The van der Waals surface area contributed by atoms with Crippen molar-refractivity contribution in [2.45, 2.75) is 51.4 Å². The van der Waals surface area contributed by atoms with Crippen LogP contribution in [-0.2, 0) is 6.18 Å². The van der Waals surface area contributed by atoms with Crippen LogP contribution in [0.15, 0.2) is 30.5 Å². The van der Waals surface area contributed by atoms with E-state index in [0.29, 0.717) is 39.3 Å². The van der Waals surface area contributed by atoms with Crippen molar-refractivity contribution in [1.29, 1.82) is 0 Å². The zero-order valence-corrected chi connectivity index (χ0v) is 21.4. The number of ether oxygens (including phenoxy) is 1. The van der Waals surface area contributed by atoms with Gasteiger partial charge in [0.2, 0.25) is 0 Å². The van der Waals surface area contributed by atoms with Crippen LogP contribution in [0.4, 0.5) is 13.2 Å². The Kier molecular flexibility index (Phi) is 8.71. The summed E-state index contributed by atoms with van der Waals surface area (Å²) in [6, 6.07) is 6.72. The van der Waals surface area contributed by atoms with Crippen molar-refractivity contribution in [3.63, 3.8) is 0 Å². The van der Waals surface area contributed by atoms with Crippen LogP contribution in [-0.4, -0.2) is 77.8 Å². The second-order valence-electron chi connectivity index (χ2n) is 9.74. The van der Waals surface area contributed by atoms with E-state index in [-0.39, 0.29) is 30.2 Å². The predicted molar refractivity (Wildman–Crippen MR) is 134 cm³/mol. The van der Waals surface area contributed by atoms with Crippen LogP contribution < -0.4 is 10.1 Å². The lowest BCUT2D eigenvalue weighted by Gasteiger charge is -2.48. The summed E-state index contributed by atoms with van der Waals surface area (Å²) in [7, 11) is 0. The number of nitrogens with zero attached hydrogens (tertiary/aromatic N) is 3. The van der Waals surface area contributed by atoms with Crippen molar-refractivity contribution in [1.82, 2.24) is 20.1 Å². The Morgan fingerprint density at radius 2 is 1.95 bits per heavy atom. The fraction of sp³-hybridized carbons (Fsp3) is 0.556. The van der Waals surface area contributed by atoms with E-state index in [1.165, 1.54) is 17.2 Å². The number of pyridine rings is 1. The fourth-order valence-electron chi connectivity index (χ4n) is 5.41. The van der Waals surface area contributed by atoms with E-state index < -0.39 is 11.9 Å². The summed E-state index contributed by atoms with van der Waals surface area (Å²) < 4.78 is 44.4. The van der Waals surface area contributed by atoms with E-state index in [2.05, 4.69) is 35.1 Å². The Bertz CT molecular complexity index is 1080. The first kappa shape index (κ1) is 27.3. The minimum absolute atomic E-state index is 0.101. The number of aliphatic hydroxyl groups excluding tert-OH is 1. The summed E-state index contributed by atoms with van der Waals surface area (Å²) in [6.07, 6.45) is -0.435. The van der Waals surface area contributed by atoms with Crippen LogP contribution in [0.3, 0.4) is 0 Å². The lowest BCUT2D eigenvalue weighted by Crippen LogP contribution is -2.57. The number of hydrogen-bond donors (Lipinski definition) is 2. The molecular formula is C27H35F3N4O3. The summed E-state index contributed by atoms with van der Waals surface area (Å²) in [5.74, 6) is 0.588. The molecule has 1 aromatic carbocycles. The third-order valence-corrected chi connectivity index (χ3v) is 7.49. The van der Waals surface area contributed by atoms with Crippen molar-refractivity contribution in [3.05, 3.63) is 58.4 Å². The molecule has 2 aliphatic rings. The van der Waals surface area contributed by atoms with E-state index in [9.17, 15) is 18.0 Å². The van der Waals surface area contributed by atoms with Crippen molar-refractivity contribution < 1.29 is 27.8 Å². The Morgan fingerprint density at radius 1 is 1.14 bits per heavy atom. The van der Waals surface area contributed by atoms with E-state index in [1.807, 2.05) is 6.07 Å². The number of rotatable bonds is 8. The zero-order valence-electron chi connectivity index (χ0n) is 21.4. The van der Waals surface area contributed by atoms with Gasteiger partial charge in [-0.25, -0.2) is 0 Å². The van der Waals surface area contributed by atoms with Crippen LogP contribution in [0.1, 0.15) is 58.0 Å². The molecular weight excluding hydrogens is 485 g/mol. The summed E-state index contributed by atoms with van der Waals surface area (Å²) in [6.45, 7) is 7.82. The molecule has 0 bridgehead atoms. The Labute approximate surface area is 215 Å². The smallest absolute Gasteiger partial charge is 0.433 e. The number of alkyl halides is 3. The second-order valence-corrected chi connectivity index (χ2v) is 9.74. The van der Waals surface area contributed by atoms with Crippen LogP contribution in [0.25, 0.3) is 0 Å². The highest BCUT2D eigenvalue weighted by atomic mass is 19.4. The molecule has 2 atom stereocenters. The number of halogens is 3. The summed E-state index contributed by atoms with van der Waals surface area (Å²) in [4.78, 5) is 20.7. The molecule has 2 aliphatic heterocycles. The topological polar surface area (TPSA) is 77.9 Å². The first-order valence-electron chi connectivity index (χ1n) is 12.8. The predicted octanol–water partition coefficient (Wildman–Crippen LogP) is 3.73. The maximum atomic E-state index is 13.0. The lowest BCUT2D eigenvalue weighted by atomic mass is 9.86. The van der Waals surface area contributed by atoms with Gasteiger partial charge in [-0.2, -0.15) is 13.2 Å². The molecule has 0 spiro atoms. The first-order chi connectivity index (χ1) is 17.7.